The van der Waals surface area contributed by atoms with Crippen molar-refractivity contribution in [1.82, 2.24) is 4.98 Å². The van der Waals surface area contributed by atoms with Crippen LogP contribution in [-0.4, -0.2) is 49.7 Å². The van der Waals surface area contributed by atoms with E-state index in [1.54, 1.807) is 19.2 Å². The minimum absolute atomic E-state index is 0.00713. The van der Waals surface area contributed by atoms with E-state index in [0.29, 0.717) is 28.6 Å². The van der Waals surface area contributed by atoms with Gasteiger partial charge in [-0.2, -0.15) is 0 Å². The molecular formula is C22H23FN4O4S. The molecule has 32 heavy (non-hydrogen) atoms. The van der Waals surface area contributed by atoms with Gasteiger partial charge in [-0.05, 0) is 43.7 Å². The van der Waals surface area contributed by atoms with E-state index in [2.05, 4.69) is 17.1 Å². The van der Waals surface area contributed by atoms with Crippen LogP contribution in [0.25, 0.3) is 10.2 Å². The highest BCUT2D eigenvalue weighted by molar-refractivity contribution is 7.22. The fourth-order valence-electron chi connectivity index (χ4n) is 4.01. The summed E-state index contributed by atoms with van der Waals surface area (Å²) in [6.07, 6.45) is 0.996. The largest absolute Gasteiger partial charge is 0.496 e. The number of aromatic nitrogens is 1. The van der Waals surface area contributed by atoms with Crippen molar-refractivity contribution >= 4 is 44.2 Å². The number of benzene rings is 2. The zero-order valence-corrected chi connectivity index (χ0v) is 18.7. The Morgan fingerprint density at radius 2 is 2.09 bits per heavy atom. The molecule has 0 spiro atoms. The summed E-state index contributed by atoms with van der Waals surface area (Å²) >= 11 is 1.38. The molecule has 1 saturated heterocycles. The fourth-order valence-corrected chi connectivity index (χ4v) is 5.28. The van der Waals surface area contributed by atoms with Crippen LogP contribution in [0.5, 0.6) is 5.75 Å². The van der Waals surface area contributed by atoms with E-state index >= 15 is 0 Å². The van der Waals surface area contributed by atoms with Crippen molar-refractivity contribution in [3.05, 3.63) is 47.3 Å². The molecule has 1 aromatic heterocycles. The average molecular weight is 459 g/mol. The van der Waals surface area contributed by atoms with Gasteiger partial charge in [0.1, 0.15) is 17.1 Å². The van der Waals surface area contributed by atoms with Gasteiger partial charge in [0.15, 0.2) is 5.13 Å². The maximum absolute atomic E-state index is 13.8. The SMILES string of the molecule is COCC1CC(C)N1c1nc2ccc(OC)c(C(=O)Nc3cc(F)ccc3C(N)=O)c2s1. The Morgan fingerprint density at radius 1 is 1.31 bits per heavy atom. The van der Waals surface area contributed by atoms with E-state index < -0.39 is 17.6 Å². The van der Waals surface area contributed by atoms with Crippen molar-refractivity contribution in [1.29, 1.82) is 0 Å². The normalized spacial score (nSPS) is 17.8. The van der Waals surface area contributed by atoms with Gasteiger partial charge >= 0.3 is 0 Å². The molecule has 3 N–H and O–H groups in total. The number of hydrogen-bond donors (Lipinski definition) is 2. The van der Waals surface area contributed by atoms with E-state index in [-0.39, 0.29) is 22.9 Å². The Bertz CT molecular complexity index is 1200. The van der Waals surface area contributed by atoms with E-state index in [9.17, 15) is 14.0 Å². The second kappa shape index (κ2) is 8.71. The number of rotatable bonds is 7. The molecule has 0 saturated carbocycles. The number of amides is 2. The Balaban J connectivity index is 1.75. The van der Waals surface area contributed by atoms with E-state index in [1.165, 1.54) is 24.5 Å². The quantitative estimate of drug-likeness (QED) is 0.562. The van der Waals surface area contributed by atoms with Crippen molar-refractivity contribution in [2.45, 2.75) is 25.4 Å². The monoisotopic (exact) mass is 458 g/mol. The first-order valence-corrected chi connectivity index (χ1v) is 10.8. The summed E-state index contributed by atoms with van der Waals surface area (Å²) in [4.78, 5) is 31.9. The number of hydrogen-bond acceptors (Lipinski definition) is 7. The molecule has 2 amide bonds. The lowest BCUT2D eigenvalue weighted by molar-refractivity contribution is 0.100. The van der Waals surface area contributed by atoms with E-state index in [1.807, 2.05) is 0 Å². The lowest BCUT2D eigenvalue weighted by Crippen LogP contribution is -2.56. The number of ether oxygens (including phenoxy) is 2. The molecule has 3 aromatic rings. The van der Waals surface area contributed by atoms with Crippen molar-refractivity contribution < 1.29 is 23.5 Å². The van der Waals surface area contributed by atoms with Crippen LogP contribution < -0.4 is 20.7 Å². The molecule has 2 atom stereocenters. The second-order valence-corrected chi connectivity index (χ2v) is 8.57. The number of primary amides is 1. The number of nitrogens with zero attached hydrogens (tertiary/aromatic N) is 2. The van der Waals surface area contributed by atoms with Gasteiger partial charge in [0.2, 0.25) is 0 Å². The number of carbonyl (C=O) groups is 2. The van der Waals surface area contributed by atoms with Gasteiger partial charge in [-0.25, -0.2) is 9.37 Å². The standard InChI is InChI=1S/C22H23FN4O4S/c1-11-8-13(10-30-2)27(11)22-26-15-6-7-17(31-3)18(19(15)32-22)21(29)25-16-9-12(23)4-5-14(16)20(24)28/h4-7,9,11,13H,8,10H2,1-3H3,(H2,24,28)(H,25,29). The summed E-state index contributed by atoms with van der Waals surface area (Å²) < 4.78 is 25.1. The topological polar surface area (TPSA) is 107 Å². The molecule has 2 aromatic carbocycles. The molecule has 4 rings (SSSR count). The van der Waals surface area contributed by atoms with Crippen LogP contribution in [0.2, 0.25) is 0 Å². The molecule has 10 heteroatoms. The first-order valence-electron chi connectivity index (χ1n) is 9.99. The van der Waals surface area contributed by atoms with Crippen molar-refractivity contribution in [3.8, 4) is 5.75 Å². The third kappa shape index (κ3) is 3.87. The predicted molar refractivity (Wildman–Crippen MR) is 121 cm³/mol. The number of halogens is 1. The van der Waals surface area contributed by atoms with Crippen LogP contribution in [0.4, 0.5) is 15.2 Å². The molecule has 0 bridgehead atoms. The maximum atomic E-state index is 13.8. The van der Waals surface area contributed by atoms with E-state index in [0.717, 1.165) is 23.7 Å². The van der Waals surface area contributed by atoms with Crippen LogP contribution in [0, 0.1) is 5.82 Å². The molecular weight excluding hydrogens is 435 g/mol. The van der Waals surface area contributed by atoms with Crippen molar-refractivity contribution in [2.75, 3.05) is 31.0 Å². The molecule has 1 fully saturated rings. The predicted octanol–water partition coefficient (Wildman–Crippen LogP) is 3.41. The van der Waals surface area contributed by atoms with Gasteiger partial charge in [-0.3, -0.25) is 9.59 Å². The molecule has 2 heterocycles. The highest BCUT2D eigenvalue weighted by atomic mass is 32.1. The van der Waals surface area contributed by atoms with Crippen molar-refractivity contribution in [2.24, 2.45) is 5.73 Å². The summed E-state index contributed by atoms with van der Waals surface area (Å²) in [5.41, 5.74) is 6.26. The first kappa shape index (κ1) is 22.0. The number of fused-ring (bicyclic) bond motifs is 1. The highest BCUT2D eigenvalue weighted by Crippen LogP contribution is 2.41. The average Bonchev–Trinajstić information content (AvgIpc) is 3.14. The number of nitrogens with one attached hydrogen (secondary N) is 1. The Labute approximate surface area is 188 Å². The first-order chi connectivity index (χ1) is 15.3. The van der Waals surface area contributed by atoms with Gasteiger partial charge in [0.05, 0.1) is 41.2 Å². The van der Waals surface area contributed by atoms with Crippen LogP contribution >= 0.6 is 11.3 Å². The maximum Gasteiger partial charge on any atom is 0.260 e. The third-order valence-corrected chi connectivity index (χ3v) is 6.61. The zero-order valence-electron chi connectivity index (χ0n) is 17.8. The second-order valence-electron chi connectivity index (χ2n) is 7.60. The fraction of sp³-hybridized carbons (Fsp3) is 0.318. The number of nitrogens with two attached hydrogens (primary N) is 1. The van der Waals surface area contributed by atoms with Gasteiger partial charge in [0.25, 0.3) is 11.8 Å². The highest BCUT2D eigenvalue weighted by Gasteiger charge is 2.37. The van der Waals surface area contributed by atoms with Gasteiger partial charge < -0.3 is 25.4 Å². The molecule has 0 aliphatic carbocycles. The molecule has 0 radical (unpaired) electrons. The third-order valence-electron chi connectivity index (χ3n) is 5.51. The van der Waals surface area contributed by atoms with Gasteiger partial charge in [0, 0.05) is 13.2 Å². The number of methoxy groups -OCH3 is 2. The number of carbonyl (C=O) groups excluding carboxylic acids is 2. The molecule has 1 aliphatic rings. The van der Waals surface area contributed by atoms with Gasteiger partial charge in [-0.1, -0.05) is 11.3 Å². The Hall–Kier alpha value is -3.24. The summed E-state index contributed by atoms with van der Waals surface area (Å²) in [6.45, 7) is 2.70. The van der Waals surface area contributed by atoms with Crippen LogP contribution in [0.15, 0.2) is 30.3 Å². The van der Waals surface area contributed by atoms with Crippen LogP contribution in [0.1, 0.15) is 34.1 Å². The summed E-state index contributed by atoms with van der Waals surface area (Å²) in [7, 11) is 3.13. The minimum atomic E-state index is -0.776. The summed E-state index contributed by atoms with van der Waals surface area (Å²) in [5, 5.41) is 3.39. The molecule has 168 valence electrons. The molecule has 1 aliphatic heterocycles. The Kier molecular flexibility index (Phi) is 5.98. The zero-order chi connectivity index (χ0) is 23.0. The van der Waals surface area contributed by atoms with Crippen molar-refractivity contribution in [3.63, 3.8) is 0 Å². The molecule has 8 nitrogen and oxygen atoms in total. The Morgan fingerprint density at radius 3 is 2.75 bits per heavy atom. The lowest BCUT2D eigenvalue weighted by atomic mass is 9.96. The lowest BCUT2D eigenvalue weighted by Gasteiger charge is -2.46. The summed E-state index contributed by atoms with van der Waals surface area (Å²) in [5.74, 6) is -1.60. The van der Waals surface area contributed by atoms with Gasteiger partial charge in [-0.15, -0.1) is 0 Å². The summed E-state index contributed by atoms with van der Waals surface area (Å²) in [6, 6.07) is 7.37. The smallest absolute Gasteiger partial charge is 0.260 e. The molecule has 2 unspecified atom stereocenters. The van der Waals surface area contributed by atoms with Crippen LogP contribution in [0.3, 0.4) is 0 Å². The van der Waals surface area contributed by atoms with E-state index in [4.69, 9.17) is 20.2 Å². The van der Waals surface area contributed by atoms with Crippen LogP contribution in [-0.2, 0) is 4.74 Å². The number of anilines is 2. The number of thiazole rings is 1. The minimum Gasteiger partial charge on any atom is -0.496 e.